The van der Waals surface area contributed by atoms with E-state index in [0.29, 0.717) is 10.1 Å². The Hall–Kier alpha value is -4.03. The van der Waals surface area contributed by atoms with E-state index in [2.05, 4.69) is 0 Å². The summed E-state index contributed by atoms with van der Waals surface area (Å²) in [7, 11) is -1.57. The fraction of sp³-hybridized carbons (Fsp3) is 0. The van der Waals surface area contributed by atoms with Crippen molar-refractivity contribution in [3.8, 4) is 22.8 Å². The van der Waals surface area contributed by atoms with E-state index in [0.717, 1.165) is 33.8 Å². The molecular weight excluding hydrogens is 416 g/mol. The fourth-order valence-corrected chi connectivity index (χ4v) is 5.20. The number of hydrogen-bond acceptors (Lipinski definition) is 3. The molecule has 0 aliphatic rings. The van der Waals surface area contributed by atoms with E-state index >= 15 is 0 Å². The third-order valence-corrected chi connectivity index (χ3v) is 6.75. The molecule has 0 saturated carbocycles. The van der Waals surface area contributed by atoms with Crippen LogP contribution in [0, 0.1) is 0 Å². The normalized spacial score (nSPS) is 11.5. The Kier molecular flexibility index (Phi) is 4.44. The molecule has 2 aromatic carbocycles. The van der Waals surface area contributed by atoms with Gasteiger partial charge in [-0.1, -0.05) is 72.8 Å². The lowest BCUT2D eigenvalue weighted by Gasteiger charge is -2.00. The highest BCUT2D eigenvalue weighted by molar-refractivity contribution is 7.85. The lowest BCUT2D eigenvalue weighted by molar-refractivity contribution is 0.680. The number of nitrogens with zero attached hydrogens (tertiary/aromatic N) is 4. The highest BCUT2D eigenvalue weighted by atomic mass is 32.2. The lowest BCUT2D eigenvalue weighted by atomic mass is 10.2. The van der Waals surface area contributed by atoms with Crippen molar-refractivity contribution in [2.75, 3.05) is 0 Å². The fourth-order valence-electron chi connectivity index (χ4n) is 3.96. The predicted molar refractivity (Wildman–Crippen MR) is 126 cm³/mol. The Bertz CT molecular complexity index is 1470. The lowest BCUT2D eigenvalue weighted by Crippen LogP contribution is -1.96. The molecule has 0 aliphatic heterocycles. The van der Waals surface area contributed by atoms with E-state index in [1.165, 1.54) is 0 Å². The molecule has 0 saturated heterocycles. The number of pyridine rings is 2. The van der Waals surface area contributed by atoms with Crippen LogP contribution in [0.25, 0.3) is 33.8 Å². The average Bonchev–Trinajstić information content (AvgIpc) is 3.44. The molecule has 0 atom stereocenters. The van der Waals surface area contributed by atoms with Crippen molar-refractivity contribution in [3.05, 3.63) is 109 Å². The molecule has 0 radical (unpaired) electrons. The van der Waals surface area contributed by atoms with Gasteiger partial charge in [0.25, 0.3) is 0 Å². The average molecular weight is 435 g/mol. The first-order valence-corrected chi connectivity index (χ1v) is 11.4. The molecule has 6 rings (SSSR count). The summed E-state index contributed by atoms with van der Waals surface area (Å²) in [6.07, 6.45) is 3.90. The van der Waals surface area contributed by atoms with E-state index in [1.807, 2.05) is 118 Å². The van der Waals surface area contributed by atoms with Crippen LogP contribution in [0.1, 0.15) is 0 Å². The van der Waals surface area contributed by atoms with Crippen molar-refractivity contribution < 1.29 is 4.21 Å². The maximum absolute atomic E-state index is 13.9. The van der Waals surface area contributed by atoms with Gasteiger partial charge in [-0.05, 0) is 24.3 Å². The van der Waals surface area contributed by atoms with Crippen molar-refractivity contribution in [2.24, 2.45) is 0 Å². The van der Waals surface area contributed by atoms with Crippen LogP contribution in [-0.4, -0.2) is 23.0 Å². The monoisotopic (exact) mass is 434 g/mol. The Balaban J connectivity index is 1.57. The third-order valence-electron chi connectivity index (χ3n) is 5.44. The highest BCUT2D eigenvalue weighted by Crippen LogP contribution is 2.30. The molecule has 154 valence electrons. The largest absolute Gasteiger partial charge is 0.298 e. The van der Waals surface area contributed by atoms with E-state index in [1.54, 1.807) is 0 Å². The first kappa shape index (κ1) is 18.7. The summed E-state index contributed by atoms with van der Waals surface area (Å²) in [6.45, 7) is 0. The maximum Gasteiger partial charge on any atom is 0.160 e. The molecule has 0 amide bonds. The minimum absolute atomic E-state index is 0.507. The summed E-state index contributed by atoms with van der Waals surface area (Å²) in [5, 5.41) is 1.01. The van der Waals surface area contributed by atoms with Crippen LogP contribution in [-0.2, 0) is 10.8 Å². The van der Waals surface area contributed by atoms with Crippen LogP contribution in [0.3, 0.4) is 0 Å². The van der Waals surface area contributed by atoms with Crippen molar-refractivity contribution in [3.63, 3.8) is 0 Å². The number of fused-ring (bicyclic) bond motifs is 2. The predicted octanol–water partition coefficient (Wildman–Crippen LogP) is 5.48. The maximum atomic E-state index is 13.9. The van der Waals surface area contributed by atoms with Gasteiger partial charge in [0, 0.05) is 23.5 Å². The number of hydrogen-bond donors (Lipinski definition) is 0. The molecule has 0 spiro atoms. The van der Waals surface area contributed by atoms with Gasteiger partial charge in [0.2, 0.25) is 0 Å². The van der Waals surface area contributed by atoms with E-state index in [9.17, 15) is 4.21 Å². The number of rotatable bonds is 4. The van der Waals surface area contributed by atoms with E-state index < -0.39 is 10.8 Å². The third kappa shape index (κ3) is 2.96. The summed E-state index contributed by atoms with van der Waals surface area (Å²) < 4.78 is 17.9. The second kappa shape index (κ2) is 7.59. The van der Waals surface area contributed by atoms with Crippen molar-refractivity contribution >= 4 is 21.8 Å². The van der Waals surface area contributed by atoms with E-state index in [4.69, 9.17) is 9.97 Å². The number of aromatic nitrogens is 4. The summed E-state index contributed by atoms with van der Waals surface area (Å²) in [5.41, 5.74) is 3.55. The first-order valence-electron chi connectivity index (χ1n) is 10.3. The van der Waals surface area contributed by atoms with Gasteiger partial charge in [-0.15, -0.1) is 0 Å². The van der Waals surface area contributed by atoms with Gasteiger partial charge in [0.15, 0.2) is 10.1 Å². The SMILES string of the molecule is O=S(c1nc(-c2ccccc2)n2ccccc12)c1nc(-c2ccccc2)n2ccccc12. The van der Waals surface area contributed by atoms with Crippen LogP contribution in [0.2, 0.25) is 0 Å². The van der Waals surface area contributed by atoms with Gasteiger partial charge >= 0.3 is 0 Å². The van der Waals surface area contributed by atoms with Crippen LogP contribution >= 0.6 is 0 Å². The van der Waals surface area contributed by atoms with Crippen molar-refractivity contribution in [2.45, 2.75) is 10.1 Å². The second-order valence-electron chi connectivity index (χ2n) is 7.39. The van der Waals surface area contributed by atoms with Gasteiger partial charge in [0.1, 0.15) is 22.4 Å². The summed E-state index contributed by atoms with van der Waals surface area (Å²) in [5.74, 6) is 1.52. The summed E-state index contributed by atoms with van der Waals surface area (Å²) >= 11 is 0. The van der Waals surface area contributed by atoms with Crippen molar-refractivity contribution in [1.82, 2.24) is 18.8 Å². The molecule has 0 N–H and O–H groups in total. The smallest absolute Gasteiger partial charge is 0.160 e. The minimum Gasteiger partial charge on any atom is -0.298 e. The molecule has 0 unspecified atom stereocenters. The van der Waals surface area contributed by atoms with Crippen LogP contribution in [0.5, 0.6) is 0 Å². The Morgan fingerprint density at radius 3 is 1.38 bits per heavy atom. The van der Waals surface area contributed by atoms with Crippen LogP contribution in [0.4, 0.5) is 0 Å². The van der Waals surface area contributed by atoms with Crippen LogP contribution < -0.4 is 0 Å². The van der Waals surface area contributed by atoms with E-state index in [-0.39, 0.29) is 0 Å². The summed E-state index contributed by atoms with van der Waals surface area (Å²) in [6, 6.07) is 31.6. The molecule has 6 heteroatoms. The Labute approximate surface area is 187 Å². The Morgan fingerprint density at radius 1 is 0.531 bits per heavy atom. The van der Waals surface area contributed by atoms with Crippen LogP contribution in [0.15, 0.2) is 120 Å². The second-order valence-corrected chi connectivity index (χ2v) is 8.70. The zero-order chi connectivity index (χ0) is 21.5. The number of benzene rings is 2. The molecule has 32 heavy (non-hydrogen) atoms. The zero-order valence-electron chi connectivity index (χ0n) is 17.0. The molecular formula is C26H18N4OS. The molecule has 4 heterocycles. The molecule has 0 bridgehead atoms. The topological polar surface area (TPSA) is 51.7 Å². The quantitative estimate of drug-likeness (QED) is 0.369. The van der Waals surface area contributed by atoms with Gasteiger partial charge in [-0.25, -0.2) is 14.2 Å². The van der Waals surface area contributed by atoms with Crippen molar-refractivity contribution in [1.29, 1.82) is 0 Å². The first-order chi connectivity index (χ1) is 15.8. The summed E-state index contributed by atoms with van der Waals surface area (Å²) in [4.78, 5) is 9.68. The molecule has 5 nitrogen and oxygen atoms in total. The minimum atomic E-state index is -1.57. The molecule has 4 aromatic heterocycles. The van der Waals surface area contributed by atoms with Gasteiger partial charge in [0.05, 0.1) is 11.0 Å². The molecule has 6 aromatic rings. The zero-order valence-corrected chi connectivity index (χ0v) is 17.8. The molecule has 0 fully saturated rings. The molecule has 0 aliphatic carbocycles. The Morgan fingerprint density at radius 2 is 0.938 bits per heavy atom. The van der Waals surface area contributed by atoms with Gasteiger partial charge in [-0.2, -0.15) is 0 Å². The standard InChI is InChI=1S/C26H18N4OS/c31-32(25-21-15-7-9-17-29(21)23(27-25)19-11-3-1-4-12-19)26-22-16-8-10-18-30(22)24(28-26)20-13-5-2-6-14-20/h1-18H. The van der Waals surface area contributed by atoms with Gasteiger partial charge in [-0.3, -0.25) is 8.80 Å². The number of imidazole rings is 2. The highest BCUT2D eigenvalue weighted by Gasteiger charge is 2.24. The van der Waals surface area contributed by atoms with Gasteiger partial charge < -0.3 is 0 Å².